The van der Waals surface area contributed by atoms with Crippen molar-refractivity contribution in [3.05, 3.63) is 73.1 Å². The molecule has 1 aliphatic carbocycles. The minimum absolute atomic E-state index is 0.102. The number of carbonyl (C=O) groups is 1. The zero-order chi connectivity index (χ0) is 26.4. The molecule has 1 fully saturated rings. The van der Waals surface area contributed by atoms with Gasteiger partial charge in [0.2, 0.25) is 5.91 Å². The Labute approximate surface area is 215 Å². The number of anilines is 1. The van der Waals surface area contributed by atoms with Crippen molar-refractivity contribution in [1.29, 1.82) is 0 Å². The molecule has 0 radical (unpaired) electrons. The Balaban J connectivity index is 0.000000246. The normalized spacial score (nSPS) is 13.5. The van der Waals surface area contributed by atoms with Crippen LogP contribution in [-0.2, 0) is 4.79 Å². The van der Waals surface area contributed by atoms with E-state index in [0.29, 0.717) is 5.82 Å². The van der Waals surface area contributed by atoms with Crippen LogP contribution in [0.2, 0.25) is 0 Å². The molecule has 0 spiro atoms. The summed E-state index contributed by atoms with van der Waals surface area (Å²) in [5, 5.41) is 1.05. The number of benzene rings is 2. The van der Waals surface area contributed by atoms with E-state index in [-0.39, 0.29) is 17.6 Å². The first-order valence-electron chi connectivity index (χ1n) is 12.8. The summed E-state index contributed by atoms with van der Waals surface area (Å²) >= 11 is 0. The first kappa shape index (κ1) is 25.9. The Morgan fingerprint density at radius 2 is 1.78 bits per heavy atom. The third-order valence-electron chi connectivity index (χ3n) is 6.55. The topological polar surface area (TPSA) is 115 Å². The van der Waals surface area contributed by atoms with E-state index in [0.717, 1.165) is 51.8 Å². The molecule has 1 aliphatic rings. The second kappa shape index (κ2) is 11.7. The average molecular weight is 501 g/mol. The van der Waals surface area contributed by atoms with Crippen LogP contribution in [0.15, 0.2) is 67.3 Å². The van der Waals surface area contributed by atoms with Crippen LogP contribution in [0.4, 0.5) is 10.2 Å². The van der Waals surface area contributed by atoms with Crippen molar-refractivity contribution >= 4 is 28.1 Å². The van der Waals surface area contributed by atoms with Gasteiger partial charge in [0.25, 0.3) is 0 Å². The van der Waals surface area contributed by atoms with E-state index in [1.807, 2.05) is 48.7 Å². The van der Waals surface area contributed by atoms with Crippen LogP contribution in [0.5, 0.6) is 0 Å². The maximum absolute atomic E-state index is 13.3. The summed E-state index contributed by atoms with van der Waals surface area (Å²) in [6.45, 7) is 4.00. The molecule has 1 amide bonds. The van der Waals surface area contributed by atoms with Gasteiger partial charge in [0.15, 0.2) is 0 Å². The lowest BCUT2D eigenvalue weighted by atomic mass is 9.89. The van der Waals surface area contributed by atoms with Gasteiger partial charge in [-0.2, -0.15) is 0 Å². The molecule has 5 N–H and O–H groups in total. The number of nitrogens with two attached hydrogens (primary N) is 2. The van der Waals surface area contributed by atoms with E-state index in [1.54, 1.807) is 24.7 Å². The van der Waals surface area contributed by atoms with Gasteiger partial charge in [-0.3, -0.25) is 4.79 Å². The Hall–Kier alpha value is -4.20. The van der Waals surface area contributed by atoms with Gasteiger partial charge < -0.3 is 20.9 Å². The van der Waals surface area contributed by atoms with Crippen LogP contribution in [-0.4, -0.2) is 25.3 Å². The molecule has 192 valence electrons. The maximum atomic E-state index is 13.3. The van der Waals surface area contributed by atoms with Crippen LogP contribution >= 0.6 is 0 Å². The number of hydrogen-bond donors (Lipinski definition) is 3. The fourth-order valence-corrected chi connectivity index (χ4v) is 4.71. The van der Waals surface area contributed by atoms with E-state index >= 15 is 0 Å². The highest BCUT2D eigenvalue weighted by Crippen LogP contribution is 2.33. The quantitative estimate of drug-likeness (QED) is 0.268. The molecule has 37 heavy (non-hydrogen) atoms. The second-order valence-electron chi connectivity index (χ2n) is 8.86. The summed E-state index contributed by atoms with van der Waals surface area (Å²) < 4.78 is 15.1. The number of H-pyrrole nitrogens is 1. The minimum atomic E-state index is -0.249. The van der Waals surface area contributed by atoms with Gasteiger partial charge in [-0.1, -0.05) is 63.4 Å². The van der Waals surface area contributed by atoms with Gasteiger partial charge in [-0.05, 0) is 36.6 Å². The SMILES string of the molecule is CC.NC(=O)C1CCCCC1.Nc1nccn2cnc(-c3cc4cccc(-c5ccc(F)cc5)c4[nH]3)c12. The molecular formula is C29H33FN6O. The number of nitrogens with one attached hydrogen (secondary N) is 1. The predicted molar refractivity (Wildman–Crippen MR) is 147 cm³/mol. The van der Waals surface area contributed by atoms with Crippen LogP contribution in [0.25, 0.3) is 38.9 Å². The highest BCUT2D eigenvalue weighted by atomic mass is 19.1. The fourth-order valence-electron chi connectivity index (χ4n) is 4.71. The number of fused-ring (bicyclic) bond motifs is 2. The number of hydrogen-bond acceptors (Lipinski definition) is 4. The molecule has 0 bridgehead atoms. The lowest BCUT2D eigenvalue weighted by Gasteiger charge is -2.17. The average Bonchev–Trinajstić information content (AvgIpc) is 3.56. The Morgan fingerprint density at radius 3 is 2.46 bits per heavy atom. The first-order chi connectivity index (χ1) is 18.0. The van der Waals surface area contributed by atoms with Crippen molar-refractivity contribution in [1.82, 2.24) is 19.4 Å². The number of carbonyl (C=O) groups excluding carboxylic acids is 1. The lowest BCUT2D eigenvalue weighted by Crippen LogP contribution is -2.24. The zero-order valence-electron chi connectivity index (χ0n) is 21.2. The second-order valence-corrected chi connectivity index (χ2v) is 8.86. The van der Waals surface area contributed by atoms with E-state index in [4.69, 9.17) is 11.5 Å². The molecule has 0 aliphatic heterocycles. The van der Waals surface area contributed by atoms with Gasteiger partial charge in [-0.25, -0.2) is 14.4 Å². The van der Waals surface area contributed by atoms with Crippen LogP contribution in [0.1, 0.15) is 46.0 Å². The molecule has 3 aromatic heterocycles. The van der Waals surface area contributed by atoms with Crippen molar-refractivity contribution in [2.24, 2.45) is 11.7 Å². The third-order valence-corrected chi connectivity index (χ3v) is 6.55. The summed E-state index contributed by atoms with van der Waals surface area (Å²) in [7, 11) is 0. The molecular weight excluding hydrogens is 467 g/mol. The van der Waals surface area contributed by atoms with E-state index in [2.05, 4.69) is 15.0 Å². The molecule has 2 aromatic carbocycles. The Kier molecular flexibility index (Phi) is 8.18. The molecule has 3 heterocycles. The predicted octanol–water partition coefficient (Wildman–Crippen LogP) is 6.34. The molecule has 0 atom stereocenters. The molecule has 8 heteroatoms. The lowest BCUT2D eigenvalue weighted by molar-refractivity contribution is -0.122. The summed E-state index contributed by atoms with van der Waals surface area (Å²) in [4.78, 5) is 22.7. The molecule has 1 saturated carbocycles. The highest BCUT2D eigenvalue weighted by Gasteiger charge is 2.17. The van der Waals surface area contributed by atoms with Crippen molar-refractivity contribution in [3.63, 3.8) is 0 Å². The van der Waals surface area contributed by atoms with Gasteiger partial charge >= 0.3 is 0 Å². The zero-order valence-corrected chi connectivity index (χ0v) is 21.2. The van der Waals surface area contributed by atoms with E-state index < -0.39 is 0 Å². The Morgan fingerprint density at radius 1 is 1.05 bits per heavy atom. The van der Waals surface area contributed by atoms with Gasteiger partial charge in [0.1, 0.15) is 29.2 Å². The number of aromatic nitrogens is 4. The first-order valence-corrected chi connectivity index (χ1v) is 12.8. The van der Waals surface area contributed by atoms with Gasteiger partial charge in [0, 0.05) is 29.3 Å². The number of para-hydroxylation sites is 1. The largest absolute Gasteiger partial charge is 0.382 e. The number of amides is 1. The van der Waals surface area contributed by atoms with Crippen molar-refractivity contribution < 1.29 is 9.18 Å². The maximum Gasteiger partial charge on any atom is 0.220 e. The highest BCUT2D eigenvalue weighted by molar-refractivity contribution is 5.98. The van der Waals surface area contributed by atoms with Crippen molar-refractivity contribution in [2.45, 2.75) is 46.0 Å². The number of imidazole rings is 1. The molecule has 7 nitrogen and oxygen atoms in total. The van der Waals surface area contributed by atoms with Gasteiger partial charge in [-0.15, -0.1) is 0 Å². The number of aromatic amines is 1. The smallest absolute Gasteiger partial charge is 0.220 e. The van der Waals surface area contributed by atoms with E-state index in [9.17, 15) is 9.18 Å². The summed E-state index contributed by atoms with van der Waals surface area (Å²) in [5.41, 5.74) is 16.5. The van der Waals surface area contributed by atoms with Crippen LogP contribution in [0, 0.1) is 11.7 Å². The van der Waals surface area contributed by atoms with E-state index in [1.165, 1.54) is 31.4 Å². The monoisotopic (exact) mass is 500 g/mol. The summed E-state index contributed by atoms with van der Waals surface area (Å²) in [6, 6.07) is 14.5. The van der Waals surface area contributed by atoms with Crippen LogP contribution < -0.4 is 11.5 Å². The summed E-state index contributed by atoms with van der Waals surface area (Å²) in [5.74, 6) is 0.270. The molecule has 0 unspecified atom stereocenters. The number of primary amides is 1. The third kappa shape index (κ3) is 5.63. The standard InChI is InChI=1S/C20H14FN5.C7H13NO.C2H6/c21-14-6-4-12(5-7-14)15-3-1-2-13-10-16(25-17(13)15)18-19-20(22)23-8-9-26(19)11-24-18;8-7(9)6-4-2-1-3-5-6;1-2/h1-11,25H,(H2,22,23);6H,1-5H2,(H2,8,9);1-2H3. The Bertz CT molecular complexity index is 1480. The van der Waals surface area contributed by atoms with Crippen LogP contribution in [0.3, 0.4) is 0 Å². The summed E-state index contributed by atoms with van der Waals surface area (Å²) in [6.07, 6.45) is 10.9. The fraction of sp³-hybridized carbons (Fsp3) is 0.276. The number of nitrogens with zero attached hydrogens (tertiary/aromatic N) is 3. The molecule has 6 rings (SSSR count). The van der Waals surface area contributed by atoms with Crippen molar-refractivity contribution in [2.75, 3.05) is 5.73 Å². The van der Waals surface area contributed by atoms with Crippen molar-refractivity contribution in [3.8, 4) is 22.5 Å². The molecule has 0 saturated heterocycles. The molecule has 5 aromatic rings. The number of nitrogen functional groups attached to an aromatic ring is 1. The minimum Gasteiger partial charge on any atom is -0.382 e. The number of halogens is 1. The number of rotatable bonds is 3. The van der Waals surface area contributed by atoms with Gasteiger partial charge in [0.05, 0.1) is 11.2 Å².